The van der Waals surface area contributed by atoms with Gasteiger partial charge in [0.2, 0.25) is 5.13 Å². The summed E-state index contributed by atoms with van der Waals surface area (Å²) in [4.78, 5) is 10.1. The number of nitrogens with one attached hydrogen (secondary N) is 1. The molecule has 0 atom stereocenters. The monoisotopic (exact) mass is 335 g/mol. The third-order valence-corrected chi connectivity index (χ3v) is 3.65. The summed E-state index contributed by atoms with van der Waals surface area (Å²) in [5.41, 5.74) is 1.06. The van der Waals surface area contributed by atoms with Crippen LogP contribution in [-0.4, -0.2) is 20.9 Å². The number of aromatic nitrogens is 2. The summed E-state index contributed by atoms with van der Waals surface area (Å²) in [5, 5.41) is 12.1. The largest absolute Gasteiger partial charge is 0.298 e. The van der Waals surface area contributed by atoms with E-state index in [4.69, 9.17) is 34.8 Å². The third-order valence-electron chi connectivity index (χ3n) is 2.16. The molecule has 0 aliphatic heterocycles. The first-order valence-electron chi connectivity index (χ1n) is 5.20. The molecule has 4 nitrogen and oxygen atoms in total. The molecule has 1 amide bonds. The molecule has 19 heavy (non-hydrogen) atoms. The van der Waals surface area contributed by atoms with Gasteiger partial charge in [0.25, 0.3) is 5.91 Å². The smallest absolute Gasteiger partial charge is 0.259 e. The van der Waals surface area contributed by atoms with Crippen molar-refractivity contribution in [3.8, 4) is 0 Å². The zero-order valence-electron chi connectivity index (χ0n) is 9.44. The fourth-order valence-corrected chi connectivity index (χ4v) is 2.32. The van der Waals surface area contributed by atoms with Crippen LogP contribution in [0.3, 0.4) is 0 Å². The fourth-order valence-electron chi connectivity index (χ4n) is 1.31. The summed E-state index contributed by atoms with van der Waals surface area (Å²) >= 11 is 17.9. The third kappa shape index (κ3) is 4.31. The number of nitrogens with zero attached hydrogens (tertiary/aromatic N) is 2. The molecular formula is C11H8Cl3N3OS. The number of anilines is 1. The van der Waals surface area contributed by atoms with Gasteiger partial charge in [0.05, 0.1) is 0 Å². The Hall–Kier alpha value is -0.880. The maximum absolute atomic E-state index is 11.3. The second kappa shape index (κ2) is 6.52. The van der Waals surface area contributed by atoms with Gasteiger partial charge >= 0.3 is 0 Å². The molecule has 1 N–H and O–H groups in total. The highest BCUT2D eigenvalue weighted by Crippen LogP contribution is 2.20. The number of rotatable bonds is 4. The van der Waals surface area contributed by atoms with Crippen molar-refractivity contribution >= 4 is 57.2 Å². The maximum Gasteiger partial charge on any atom is 0.259 e. The Morgan fingerprint density at radius 2 is 1.95 bits per heavy atom. The predicted octanol–water partition coefficient (Wildman–Crippen LogP) is 3.52. The normalized spacial score (nSPS) is 10.7. The van der Waals surface area contributed by atoms with Crippen LogP contribution < -0.4 is 5.32 Å². The van der Waals surface area contributed by atoms with Crippen molar-refractivity contribution in [1.29, 1.82) is 0 Å². The highest BCUT2D eigenvalue weighted by molar-refractivity contribution is 7.15. The Morgan fingerprint density at radius 1 is 1.26 bits per heavy atom. The number of carbonyl (C=O) groups is 1. The van der Waals surface area contributed by atoms with Gasteiger partial charge in [-0.1, -0.05) is 58.3 Å². The number of hydrogen-bond acceptors (Lipinski definition) is 4. The van der Waals surface area contributed by atoms with Crippen molar-refractivity contribution in [2.45, 2.75) is 11.3 Å². The maximum atomic E-state index is 11.3. The first-order chi connectivity index (χ1) is 9.04. The van der Waals surface area contributed by atoms with Crippen molar-refractivity contribution in [3.05, 3.63) is 39.9 Å². The first-order valence-corrected chi connectivity index (χ1v) is 7.27. The molecule has 8 heteroatoms. The number of amides is 1. The Morgan fingerprint density at radius 3 is 2.58 bits per heavy atom. The Labute approximate surface area is 128 Å². The van der Waals surface area contributed by atoms with E-state index in [1.54, 1.807) is 0 Å². The summed E-state index contributed by atoms with van der Waals surface area (Å²) in [6.07, 6.45) is 0.621. The minimum Gasteiger partial charge on any atom is -0.298 e. The Balaban J connectivity index is 2.01. The minimum absolute atomic E-state index is 0.375. The van der Waals surface area contributed by atoms with E-state index in [-0.39, 0.29) is 0 Å². The van der Waals surface area contributed by atoms with Gasteiger partial charge < -0.3 is 0 Å². The van der Waals surface area contributed by atoms with Crippen LogP contribution in [0, 0.1) is 0 Å². The quantitative estimate of drug-likeness (QED) is 0.869. The standard InChI is InChI=1S/C11H8Cl3N3OS/c12-7-3-1-6(2-4-7)5-8-16-17-11(19-8)15-10(18)9(13)14/h1-4,9H,5H2,(H,15,17,18). The van der Waals surface area contributed by atoms with Crippen LogP contribution in [0.1, 0.15) is 10.6 Å². The van der Waals surface area contributed by atoms with E-state index < -0.39 is 10.7 Å². The highest BCUT2D eigenvalue weighted by atomic mass is 35.5. The molecule has 2 aromatic rings. The molecule has 1 aromatic carbocycles. The van der Waals surface area contributed by atoms with Gasteiger partial charge in [-0.05, 0) is 17.7 Å². The first kappa shape index (κ1) is 14.5. The average Bonchev–Trinajstić information content (AvgIpc) is 2.79. The van der Waals surface area contributed by atoms with Crippen LogP contribution in [0.25, 0.3) is 0 Å². The lowest BCUT2D eigenvalue weighted by molar-refractivity contribution is -0.114. The summed E-state index contributed by atoms with van der Waals surface area (Å²) in [6.45, 7) is 0. The van der Waals surface area contributed by atoms with Gasteiger partial charge in [0.15, 0.2) is 4.84 Å². The molecule has 2 rings (SSSR count). The second-order valence-electron chi connectivity index (χ2n) is 3.59. The number of alkyl halides is 2. The van der Waals surface area contributed by atoms with Gasteiger partial charge in [-0.15, -0.1) is 10.2 Å². The van der Waals surface area contributed by atoms with Crippen molar-refractivity contribution < 1.29 is 4.79 Å². The Bertz CT molecular complexity index is 571. The van der Waals surface area contributed by atoms with E-state index in [1.807, 2.05) is 24.3 Å². The SMILES string of the molecule is O=C(Nc1nnc(Cc2ccc(Cl)cc2)s1)C(Cl)Cl. The highest BCUT2D eigenvalue weighted by Gasteiger charge is 2.14. The van der Waals surface area contributed by atoms with E-state index in [1.165, 1.54) is 11.3 Å². The molecule has 0 radical (unpaired) electrons. The number of halogens is 3. The number of carbonyl (C=O) groups excluding carboxylic acids is 1. The summed E-state index contributed by atoms with van der Waals surface area (Å²) in [6, 6.07) is 7.45. The molecule has 0 aliphatic carbocycles. The molecule has 0 spiro atoms. The molecule has 0 saturated heterocycles. The number of hydrogen-bond donors (Lipinski definition) is 1. The van der Waals surface area contributed by atoms with Crippen LogP contribution in [0.5, 0.6) is 0 Å². The van der Waals surface area contributed by atoms with Crippen LogP contribution in [0.4, 0.5) is 5.13 Å². The van der Waals surface area contributed by atoms with Gasteiger partial charge in [-0.25, -0.2) is 0 Å². The van der Waals surface area contributed by atoms with Crippen molar-refractivity contribution in [3.63, 3.8) is 0 Å². The van der Waals surface area contributed by atoms with E-state index in [0.29, 0.717) is 16.6 Å². The Kier molecular flexibility index (Phi) is 4.99. The zero-order valence-corrected chi connectivity index (χ0v) is 12.5. The van der Waals surface area contributed by atoms with Crippen LogP contribution in [0.15, 0.2) is 24.3 Å². The molecular weight excluding hydrogens is 329 g/mol. The lowest BCUT2D eigenvalue weighted by Crippen LogP contribution is -2.18. The summed E-state index contributed by atoms with van der Waals surface area (Å²) in [7, 11) is 0. The van der Waals surface area contributed by atoms with Crippen molar-refractivity contribution in [2.24, 2.45) is 0 Å². The lowest BCUT2D eigenvalue weighted by Gasteiger charge is -1.99. The molecule has 1 heterocycles. The van der Waals surface area contributed by atoms with E-state index >= 15 is 0 Å². The lowest BCUT2D eigenvalue weighted by atomic mass is 10.2. The second-order valence-corrected chi connectivity index (χ2v) is 6.19. The zero-order chi connectivity index (χ0) is 13.8. The van der Waals surface area contributed by atoms with Crippen LogP contribution in [-0.2, 0) is 11.2 Å². The predicted molar refractivity (Wildman–Crippen MR) is 78.3 cm³/mol. The summed E-state index contributed by atoms with van der Waals surface area (Å²) < 4.78 is 0. The molecule has 0 saturated carbocycles. The van der Waals surface area contributed by atoms with Gasteiger partial charge in [-0.2, -0.15) is 0 Å². The average molecular weight is 337 g/mol. The molecule has 0 aliphatic rings. The molecule has 0 bridgehead atoms. The van der Waals surface area contributed by atoms with Crippen LogP contribution >= 0.6 is 46.1 Å². The number of benzene rings is 1. The van der Waals surface area contributed by atoms with Gasteiger partial charge in [0, 0.05) is 11.4 Å². The molecule has 100 valence electrons. The molecule has 1 aromatic heterocycles. The molecule has 0 unspecified atom stereocenters. The summed E-state index contributed by atoms with van der Waals surface area (Å²) in [5.74, 6) is -0.516. The van der Waals surface area contributed by atoms with Gasteiger partial charge in [0.1, 0.15) is 5.01 Å². The van der Waals surface area contributed by atoms with Crippen molar-refractivity contribution in [2.75, 3.05) is 5.32 Å². The van der Waals surface area contributed by atoms with E-state index in [2.05, 4.69) is 15.5 Å². The van der Waals surface area contributed by atoms with E-state index in [9.17, 15) is 4.79 Å². The van der Waals surface area contributed by atoms with Crippen LogP contribution in [0.2, 0.25) is 5.02 Å². The molecule has 0 fully saturated rings. The fraction of sp³-hybridized carbons (Fsp3) is 0.182. The minimum atomic E-state index is -1.12. The topological polar surface area (TPSA) is 54.9 Å². The van der Waals surface area contributed by atoms with Crippen molar-refractivity contribution in [1.82, 2.24) is 10.2 Å². The van der Waals surface area contributed by atoms with Gasteiger partial charge in [-0.3, -0.25) is 10.1 Å². The van der Waals surface area contributed by atoms with E-state index in [0.717, 1.165) is 10.6 Å².